The number of aliphatic hydroxyl groups excluding tert-OH is 1. The van der Waals surface area contributed by atoms with Crippen LogP contribution in [0, 0.1) is 0 Å². The van der Waals surface area contributed by atoms with Crippen molar-refractivity contribution in [3.63, 3.8) is 0 Å². The molecule has 1 saturated carbocycles. The monoisotopic (exact) mass is 500 g/mol. The molecule has 2 heterocycles. The van der Waals surface area contributed by atoms with E-state index in [0.29, 0.717) is 15.7 Å². The van der Waals surface area contributed by atoms with E-state index in [1.165, 1.54) is 10.6 Å². The van der Waals surface area contributed by atoms with Crippen molar-refractivity contribution in [3.05, 3.63) is 59.9 Å². The molecule has 0 saturated heterocycles. The van der Waals surface area contributed by atoms with Gasteiger partial charge in [0, 0.05) is 27.7 Å². The zero-order valence-corrected chi connectivity index (χ0v) is 17.9. The van der Waals surface area contributed by atoms with Crippen LogP contribution >= 0.6 is 39.1 Å². The van der Waals surface area contributed by atoms with E-state index < -0.39 is 22.9 Å². The van der Waals surface area contributed by atoms with Crippen molar-refractivity contribution < 1.29 is 15.0 Å². The van der Waals surface area contributed by atoms with Crippen molar-refractivity contribution in [2.24, 2.45) is 0 Å². The van der Waals surface area contributed by atoms with Crippen molar-refractivity contribution in [3.8, 4) is 5.88 Å². The van der Waals surface area contributed by atoms with E-state index in [2.05, 4.69) is 26.3 Å². The number of aromatic nitrogens is 3. The number of amides is 1. The van der Waals surface area contributed by atoms with E-state index in [0.717, 1.165) is 17.4 Å². The smallest absolute Gasteiger partial charge is 0.291 e. The van der Waals surface area contributed by atoms with Crippen LogP contribution in [0.25, 0.3) is 5.65 Å². The summed E-state index contributed by atoms with van der Waals surface area (Å²) < 4.78 is 2.73. The number of halogens is 3. The van der Waals surface area contributed by atoms with Gasteiger partial charge in [-0.05, 0) is 46.5 Å². The number of rotatable bonds is 5. The highest BCUT2D eigenvalue weighted by atomic mass is 79.9. The van der Waals surface area contributed by atoms with Crippen molar-refractivity contribution in [1.82, 2.24) is 19.5 Å². The molecule has 3 N–H and O–H groups in total. The molecule has 1 amide bonds. The fourth-order valence-corrected chi connectivity index (χ4v) is 4.04. The summed E-state index contributed by atoms with van der Waals surface area (Å²) in [6.07, 6.45) is 1.66. The average molecular weight is 502 g/mol. The van der Waals surface area contributed by atoms with E-state index in [4.69, 9.17) is 23.2 Å². The fraction of sp³-hybridized carbons (Fsp3) is 0.278. The highest BCUT2D eigenvalue weighted by Gasteiger charge is 2.29. The Morgan fingerprint density at radius 2 is 1.93 bits per heavy atom. The second-order valence-corrected chi connectivity index (χ2v) is 8.40. The standard InChI is InChI=1S/C18H15BrCl2N4O4/c19-13-5-14-24(6-10-11(20)3-8(7-26)4-12(10)21)17(28)15(18(29)25(14)23-13)16(27)22-9-1-2-9/h3-5,9,26,28H,1-2,6-7H2,(H,22,27). The van der Waals surface area contributed by atoms with Gasteiger partial charge in [0.25, 0.3) is 11.5 Å². The number of benzene rings is 1. The van der Waals surface area contributed by atoms with Crippen LogP contribution in [0.2, 0.25) is 10.0 Å². The summed E-state index contributed by atoms with van der Waals surface area (Å²) in [7, 11) is 0. The first-order chi connectivity index (χ1) is 13.8. The summed E-state index contributed by atoms with van der Waals surface area (Å²) in [5, 5.41) is 27.5. The van der Waals surface area contributed by atoms with Crippen LogP contribution in [0.3, 0.4) is 0 Å². The summed E-state index contributed by atoms with van der Waals surface area (Å²) in [5.41, 5.74) is 0.109. The Bertz CT molecular complexity index is 1180. The Morgan fingerprint density at radius 1 is 1.28 bits per heavy atom. The molecule has 8 nitrogen and oxygen atoms in total. The molecule has 3 aromatic rings. The van der Waals surface area contributed by atoms with E-state index >= 15 is 0 Å². The number of nitrogens with one attached hydrogen (secondary N) is 1. The number of aromatic hydroxyl groups is 1. The summed E-state index contributed by atoms with van der Waals surface area (Å²) in [6.45, 7) is -0.255. The highest BCUT2D eigenvalue weighted by Crippen LogP contribution is 2.30. The van der Waals surface area contributed by atoms with Gasteiger partial charge in [0.1, 0.15) is 10.3 Å². The summed E-state index contributed by atoms with van der Waals surface area (Å²) in [6, 6.07) is 4.66. The summed E-state index contributed by atoms with van der Waals surface area (Å²) in [5.74, 6) is -1.17. The molecular formula is C18H15BrCl2N4O4. The second kappa shape index (κ2) is 7.64. The molecule has 29 heavy (non-hydrogen) atoms. The fourth-order valence-electron chi connectivity index (χ4n) is 3.03. The number of carbonyl (C=O) groups excluding carboxylic acids is 1. The van der Waals surface area contributed by atoms with Gasteiger partial charge in [-0.1, -0.05) is 23.2 Å². The lowest BCUT2D eigenvalue weighted by Gasteiger charge is -2.16. The largest absolute Gasteiger partial charge is 0.494 e. The second-order valence-electron chi connectivity index (χ2n) is 6.77. The maximum absolute atomic E-state index is 12.8. The predicted molar refractivity (Wildman–Crippen MR) is 111 cm³/mol. The molecule has 11 heteroatoms. The molecule has 0 bridgehead atoms. The van der Waals surface area contributed by atoms with Gasteiger partial charge in [-0.15, -0.1) is 0 Å². The molecule has 1 fully saturated rings. The van der Waals surface area contributed by atoms with Gasteiger partial charge < -0.3 is 15.5 Å². The minimum atomic E-state index is -0.731. The normalized spacial score (nSPS) is 13.8. The Labute approximate surface area is 182 Å². The molecule has 1 aliphatic carbocycles. The number of fused-ring (bicyclic) bond motifs is 1. The molecule has 2 aromatic heterocycles. The van der Waals surface area contributed by atoms with Gasteiger partial charge in [-0.25, -0.2) is 0 Å². The van der Waals surface area contributed by atoms with E-state index in [-0.39, 0.29) is 34.9 Å². The van der Waals surface area contributed by atoms with Crippen molar-refractivity contribution in [1.29, 1.82) is 0 Å². The lowest BCUT2D eigenvalue weighted by atomic mass is 10.1. The topological polar surface area (TPSA) is 109 Å². The number of hydrogen-bond acceptors (Lipinski definition) is 5. The Morgan fingerprint density at radius 3 is 2.52 bits per heavy atom. The number of nitrogens with zero attached hydrogens (tertiary/aromatic N) is 3. The summed E-state index contributed by atoms with van der Waals surface area (Å²) in [4.78, 5) is 25.4. The maximum atomic E-state index is 12.8. The van der Waals surface area contributed by atoms with E-state index in [1.54, 1.807) is 12.1 Å². The summed E-state index contributed by atoms with van der Waals surface area (Å²) >= 11 is 15.9. The van der Waals surface area contributed by atoms with Crippen molar-refractivity contribution in [2.45, 2.75) is 32.0 Å². The SMILES string of the molecule is O=C(NC1CC1)c1c(O)n(Cc2c(Cl)cc(CO)cc2Cl)c2cc(Br)nn2c1=O. The van der Waals surface area contributed by atoms with Gasteiger partial charge in [0.05, 0.1) is 13.2 Å². The zero-order chi connectivity index (χ0) is 20.9. The number of hydrogen-bond donors (Lipinski definition) is 3. The molecule has 0 atom stereocenters. The molecule has 0 spiro atoms. The molecule has 1 aromatic carbocycles. The first-order valence-corrected chi connectivity index (χ1v) is 10.2. The van der Waals surface area contributed by atoms with Crippen LogP contribution in [0.15, 0.2) is 27.6 Å². The quantitative estimate of drug-likeness (QED) is 0.498. The van der Waals surface area contributed by atoms with Gasteiger partial charge in [-0.3, -0.25) is 14.2 Å². The third kappa shape index (κ3) is 3.75. The molecule has 0 unspecified atom stereocenters. The zero-order valence-electron chi connectivity index (χ0n) is 14.8. The minimum absolute atomic E-state index is 0.00437. The van der Waals surface area contributed by atoms with Crippen LogP contribution in [0.4, 0.5) is 0 Å². The highest BCUT2D eigenvalue weighted by molar-refractivity contribution is 9.10. The van der Waals surface area contributed by atoms with Crippen LogP contribution in [-0.2, 0) is 13.2 Å². The average Bonchev–Trinajstić information content (AvgIpc) is 3.38. The van der Waals surface area contributed by atoms with Gasteiger partial charge in [0.2, 0.25) is 5.88 Å². The van der Waals surface area contributed by atoms with Crippen molar-refractivity contribution >= 4 is 50.7 Å². The van der Waals surface area contributed by atoms with E-state index in [1.807, 2.05) is 0 Å². The van der Waals surface area contributed by atoms with Crippen LogP contribution in [0.5, 0.6) is 5.88 Å². The molecule has 152 valence electrons. The van der Waals surface area contributed by atoms with Crippen LogP contribution in [0.1, 0.15) is 34.3 Å². The van der Waals surface area contributed by atoms with Crippen LogP contribution < -0.4 is 10.9 Å². The van der Waals surface area contributed by atoms with Gasteiger partial charge >= 0.3 is 0 Å². The first-order valence-electron chi connectivity index (χ1n) is 8.69. The number of carbonyl (C=O) groups is 1. The molecule has 0 radical (unpaired) electrons. The third-order valence-electron chi connectivity index (χ3n) is 4.66. The Kier molecular flexibility index (Phi) is 5.32. The first kappa shape index (κ1) is 20.2. The number of aliphatic hydroxyl groups is 1. The van der Waals surface area contributed by atoms with Crippen LogP contribution in [-0.4, -0.2) is 36.3 Å². The maximum Gasteiger partial charge on any atom is 0.291 e. The van der Waals surface area contributed by atoms with Gasteiger partial charge in [-0.2, -0.15) is 9.61 Å². The van der Waals surface area contributed by atoms with Gasteiger partial charge in [0.15, 0.2) is 5.56 Å². The van der Waals surface area contributed by atoms with Crippen molar-refractivity contribution in [2.75, 3.05) is 0 Å². The minimum Gasteiger partial charge on any atom is -0.494 e. The molecular weight excluding hydrogens is 487 g/mol. The Balaban J connectivity index is 1.90. The lowest BCUT2D eigenvalue weighted by Crippen LogP contribution is -2.34. The lowest BCUT2D eigenvalue weighted by molar-refractivity contribution is 0.0944. The molecule has 0 aliphatic heterocycles. The van der Waals surface area contributed by atoms with E-state index in [9.17, 15) is 19.8 Å². The predicted octanol–water partition coefficient (Wildman–Crippen LogP) is 2.70. The third-order valence-corrected chi connectivity index (χ3v) is 5.72. The molecule has 1 aliphatic rings. The molecule has 4 rings (SSSR count). The Hall–Kier alpha value is -2.07.